The van der Waals surface area contributed by atoms with Crippen LogP contribution in [-0.4, -0.2) is 61.0 Å². The van der Waals surface area contributed by atoms with Crippen LogP contribution in [0.25, 0.3) is 0 Å². The van der Waals surface area contributed by atoms with Gasteiger partial charge < -0.3 is 14.7 Å². The SMILES string of the molecule is CCCCCCCCCCCCOc1c(CN(O)CC[N+](C)(C)O)cc(CC)cc1OC. The molecular formula is C26H49N2O4+. The number of nitrogens with zero attached hydrogens (tertiary/aromatic N) is 2. The van der Waals surface area contributed by atoms with E-state index in [9.17, 15) is 10.4 Å². The number of rotatable bonds is 19. The van der Waals surface area contributed by atoms with E-state index < -0.39 is 0 Å². The molecule has 0 aliphatic carbocycles. The lowest BCUT2D eigenvalue weighted by molar-refractivity contribution is -1.07. The summed E-state index contributed by atoms with van der Waals surface area (Å²) in [5.74, 6) is 1.44. The van der Waals surface area contributed by atoms with Gasteiger partial charge in [0.25, 0.3) is 0 Å². The molecule has 2 N–H and O–H groups in total. The van der Waals surface area contributed by atoms with Gasteiger partial charge in [-0.1, -0.05) is 77.7 Å². The smallest absolute Gasteiger partial charge is 0.165 e. The number of methoxy groups -OCH3 is 1. The highest BCUT2D eigenvalue weighted by molar-refractivity contribution is 5.49. The molecule has 1 aromatic rings. The van der Waals surface area contributed by atoms with Crippen LogP contribution in [0.2, 0.25) is 0 Å². The lowest BCUT2D eigenvalue weighted by atomic mass is 10.1. The largest absolute Gasteiger partial charge is 0.493 e. The van der Waals surface area contributed by atoms with Crippen molar-refractivity contribution in [2.75, 3.05) is 40.9 Å². The third-order valence-electron chi connectivity index (χ3n) is 5.82. The van der Waals surface area contributed by atoms with Gasteiger partial charge in [-0.15, -0.1) is 0 Å². The third-order valence-corrected chi connectivity index (χ3v) is 5.82. The summed E-state index contributed by atoms with van der Waals surface area (Å²) in [4.78, 5) is 0. The van der Waals surface area contributed by atoms with Crippen LogP contribution in [0.1, 0.15) is 89.2 Å². The minimum atomic E-state index is -0.183. The van der Waals surface area contributed by atoms with Gasteiger partial charge >= 0.3 is 0 Å². The maximum Gasteiger partial charge on any atom is 0.165 e. The summed E-state index contributed by atoms with van der Waals surface area (Å²) in [6.45, 7) is 6.13. The zero-order chi connectivity index (χ0) is 23.8. The predicted molar refractivity (Wildman–Crippen MR) is 131 cm³/mol. The Balaban J connectivity index is 2.53. The Kier molecular flexibility index (Phi) is 14.6. The zero-order valence-electron chi connectivity index (χ0n) is 21.4. The number of likely N-dealkylation sites (N-methyl/N-ethyl adjacent to an activating group) is 1. The molecule has 0 saturated heterocycles. The van der Waals surface area contributed by atoms with E-state index >= 15 is 0 Å². The Labute approximate surface area is 196 Å². The number of benzene rings is 1. The van der Waals surface area contributed by atoms with E-state index in [1.54, 1.807) is 21.2 Å². The maximum absolute atomic E-state index is 10.4. The first kappa shape index (κ1) is 28.7. The van der Waals surface area contributed by atoms with Gasteiger partial charge in [0.05, 0.1) is 40.9 Å². The second kappa shape index (κ2) is 16.3. The van der Waals surface area contributed by atoms with Gasteiger partial charge in [-0.3, -0.25) is 0 Å². The molecule has 0 radical (unpaired) electrons. The van der Waals surface area contributed by atoms with Gasteiger partial charge in [0.15, 0.2) is 11.5 Å². The molecule has 0 spiro atoms. The van der Waals surface area contributed by atoms with Crippen molar-refractivity contribution in [3.05, 3.63) is 23.3 Å². The molecule has 0 unspecified atom stereocenters. The van der Waals surface area contributed by atoms with Crippen molar-refractivity contribution < 1.29 is 24.5 Å². The van der Waals surface area contributed by atoms with Crippen LogP contribution in [-0.2, 0) is 13.0 Å². The molecule has 32 heavy (non-hydrogen) atoms. The Morgan fingerprint density at radius 2 is 1.50 bits per heavy atom. The van der Waals surface area contributed by atoms with Crippen molar-refractivity contribution in [3.63, 3.8) is 0 Å². The lowest BCUT2D eigenvalue weighted by Crippen LogP contribution is -2.41. The fourth-order valence-electron chi connectivity index (χ4n) is 3.76. The van der Waals surface area contributed by atoms with Crippen molar-refractivity contribution in [2.24, 2.45) is 0 Å². The summed E-state index contributed by atoms with van der Waals surface area (Å²) in [6, 6.07) is 4.10. The minimum Gasteiger partial charge on any atom is -0.493 e. The van der Waals surface area contributed by atoms with E-state index in [1.165, 1.54) is 62.9 Å². The van der Waals surface area contributed by atoms with Crippen LogP contribution in [0.5, 0.6) is 11.5 Å². The van der Waals surface area contributed by atoms with Gasteiger partial charge in [0.1, 0.15) is 6.54 Å². The third kappa shape index (κ3) is 12.6. The second-order valence-electron chi connectivity index (χ2n) is 9.40. The van der Waals surface area contributed by atoms with Crippen molar-refractivity contribution in [3.8, 4) is 11.5 Å². The van der Waals surface area contributed by atoms with E-state index in [-0.39, 0.29) is 4.65 Å². The molecule has 0 fully saturated rings. The first-order valence-electron chi connectivity index (χ1n) is 12.6. The number of hydrogen-bond donors (Lipinski definition) is 2. The van der Waals surface area contributed by atoms with Gasteiger partial charge in [-0.25, -0.2) is 5.21 Å². The number of hydrogen-bond acceptors (Lipinski definition) is 5. The number of aryl methyl sites for hydroxylation is 1. The van der Waals surface area contributed by atoms with E-state index in [2.05, 4.69) is 19.9 Å². The average molecular weight is 454 g/mol. The molecule has 0 bridgehead atoms. The molecule has 6 nitrogen and oxygen atoms in total. The minimum absolute atomic E-state index is 0.183. The Morgan fingerprint density at radius 1 is 0.906 bits per heavy atom. The number of unbranched alkanes of at least 4 members (excludes halogenated alkanes) is 9. The van der Waals surface area contributed by atoms with Crippen molar-refractivity contribution >= 4 is 0 Å². The van der Waals surface area contributed by atoms with Crippen LogP contribution in [0.4, 0.5) is 0 Å². The van der Waals surface area contributed by atoms with Crippen LogP contribution in [0.15, 0.2) is 12.1 Å². The molecule has 6 heteroatoms. The Bertz CT molecular complexity index is 617. The van der Waals surface area contributed by atoms with Crippen LogP contribution < -0.4 is 9.47 Å². The van der Waals surface area contributed by atoms with E-state index in [0.717, 1.165) is 35.5 Å². The van der Waals surface area contributed by atoms with Crippen LogP contribution in [0, 0.1) is 0 Å². The Morgan fingerprint density at radius 3 is 2.03 bits per heavy atom. The molecule has 0 aliphatic heterocycles. The van der Waals surface area contributed by atoms with Crippen molar-refractivity contribution in [1.82, 2.24) is 5.06 Å². The first-order chi connectivity index (χ1) is 15.3. The zero-order valence-corrected chi connectivity index (χ0v) is 21.4. The fraction of sp³-hybridized carbons (Fsp3) is 0.769. The standard InChI is InChI=1S/C26H49N2O4/c1-6-8-9-10-11-12-13-14-15-16-19-32-26-24(20-23(7-2)21-25(26)31-5)22-27(29)17-18-28(3,4)30/h20-21,29-30H,6-19,22H2,1-5H3/q+1. The van der Waals surface area contributed by atoms with Gasteiger partial charge in [0, 0.05) is 5.56 Å². The maximum atomic E-state index is 10.4. The molecule has 0 saturated carbocycles. The summed E-state index contributed by atoms with van der Waals surface area (Å²) in [6.07, 6.45) is 13.8. The van der Waals surface area contributed by atoms with Gasteiger partial charge in [-0.05, 0) is 24.5 Å². The van der Waals surface area contributed by atoms with Crippen molar-refractivity contribution in [2.45, 2.75) is 91.0 Å². The van der Waals surface area contributed by atoms with Gasteiger partial charge in [0.2, 0.25) is 0 Å². The van der Waals surface area contributed by atoms with Gasteiger partial charge in [-0.2, -0.15) is 9.71 Å². The lowest BCUT2D eigenvalue weighted by Gasteiger charge is -2.24. The van der Waals surface area contributed by atoms with Crippen LogP contribution >= 0.6 is 0 Å². The average Bonchev–Trinajstić information content (AvgIpc) is 2.76. The molecule has 186 valence electrons. The normalized spacial score (nSPS) is 11.9. The highest BCUT2D eigenvalue weighted by Crippen LogP contribution is 2.34. The van der Waals surface area contributed by atoms with E-state index in [0.29, 0.717) is 26.2 Å². The first-order valence-corrected chi connectivity index (χ1v) is 12.6. The summed E-state index contributed by atoms with van der Waals surface area (Å²) in [7, 11) is 5.04. The molecule has 0 aliphatic rings. The quantitative estimate of drug-likeness (QED) is 0.148. The van der Waals surface area contributed by atoms with E-state index in [1.807, 2.05) is 6.07 Å². The molecule has 1 aromatic carbocycles. The number of quaternary nitrogens is 1. The Hall–Kier alpha value is -1.34. The molecule has 0 atom stereocenters. The fourth-order valence-corrected chi connectivity index (χ4v) is 3.76. The summed E-state index contributed by atoms with van der Waals surface area (Å²) in [5.41, 5.74) is 2.06. The monoisotopic (exact) mass is 453 g/mol. The van der Waals surface area contributed by atoms with E-state index in [4.69, 9.17) is 9.47 Å². The van der Waals surface area contributed by atoms with Crippen LogP contribution in [0.3, 0.4) is 0 Å². The number of ether oxygens (including phenoxy) is 2. The second-order valence-corrected chi connectivity index (χ2v) is 9.40. The molecule has 1 rings (SSSR count). The predicted octanol–water partition coefficient (Wildman–Crippen LogP) is 6.21. The molecule has 0 aromatic heterocycles. The highest BCUT2D eigenvalue weighted by Gasteiger charge is 2.18. The summed E-state index contributed by atoms with van der Waals surface area (Å²) < 4.78 is 11.6. The molecule has 0 amide bonds. The summed E-state index contributed by atoms with van der Waals surface area (Å²) >= 11 is 0. The highest BCUT2D eigenvalue weighted by atomic mass is 16.5. The topological polar surface area (TPSA) is 62.2 Å². The summed E-state index contributed by atoms with van der Waals surface area (Å²) in [5, 5.41) is 21.5. The number of hydroxylamine groups is 5. The van der Waals surface area contributed by atoms with Crippen molar-refractivity contribution in [1.29, 1.82) is 0 Å². The molecular weight excluding hydrogens is 404 g/mol. The molecule has 0 heterocycles.